The molecule has 1 aromatic heterocycles. The number of hydrogen-bond donors (Lipinski definition) is 4. The maximum Gasteiger partial charge on any atom is 0.282 e. The summed E-state index contributed by atoms with van der Waals surface area (Å²) in [5.74, 6) is 0.191. The quantitative estimate of drug-likeness (QED) is 0.216. The minimum absolute atomic E-state index is 0.0677. The number of carbonyl (C=O) groups is 1. The minimum Gasteiger partial charge on any atom is -0.493 e. The van der Waals surface area contributed by atoms with Crippen molar-refractivity contribution in [2.45, 2.75) is 25.1 Å². The SMILES string of the molecule is O=C(N=Nc1c(O)[nH]c2ccc(Br)cc12)C1CC(c2ccc(OCc3ccc(Cl)cc3)cc2)NN1. The fourth-order valence-corrected chi connectivity index (χ4v) is 4.37. The van der Waals surface area contributed by atoms with Crippen LogP contribution in [0.4, 0.5) is 5.69 Å². The van der Waals surface area contributed by atoms with E-state index in [-0.39, 0.29) is 17.6 Å². The Bertz CT molecular complexity index is 1390. The summed E-state index contributed by atoms with van der Waals surface area (Å²) in [4.78, 5) is 15.5. The van der Waals surface area contributed by atoms with Crippen molar-refractivity contribution in [3.8, 4) is 11.6 Å². The predicted octanol–water partition coefficient (Wildman–Crippen LogP) is 6.09. The van der Waals surface area contributed by atoms with Gasteiger partial charge in [-0.05, 0) is 60.0 Å². The standard InChI is InChI=1S/C25H21BrClN5O3/c26-16-5-10-20-19(11-16)23(25(34)28-20)31-32-24(33)22-12-21(29-30-22)15-3-8-18(9-4-15)35-13-14-1-6-17(27)7-2-14/h1-11,21-22,28-30,34H,12-13H2. The highest BCUT2D eigenvalue weighted by atomic mass is 79.9. The molecule has 0 radical (unpaired) electrons. The van der Waals surface area contributed by atoms with E-state index in [0.717, 1.165) is 21.3 Å². The molecule has 5 rings (SSSR count). The number of H-pyrrole nitrogens is 1. The number of hydrogen-bond acceptors (Lipinski definition) is 6. The molecule has 0 bridgehead atoms. The van der Waals surface area contributed by atoms with Crippen LogP contribution >= 0.6 is 27.5 Å². The summed E-state index contributed by atoms with van der Waals surface area (Å²) in [5, 5.41) is 19.4. The van der Waals surface area contributed by atoms with E-state index in [1.165, 1.54) is 0 Å². The molecule has 1 aliphatic heterocycles. The van der Waals surface area contributed by atoms with Crippen LogP contribution in [0.1, 0.15) is 23.6 Å². The Morgan fingerprint density at radius 2 is 1.86 bits per heavy atom. The summed E-state index contributed by atoms with van der Waals surface area (Å²) in [7, 11) is 0. The van der Waals surface area contributed by atoms with E-state index in [1.807, 2.05) is 54.6 Å². The number of aromatic nitrogens is 1. The highest BCUT2D eigenvalue weighted by Gasteiger charge is 2.30. The van der Waals surface area contributed by atoms with Crippen molar-refractivity contribution in [3.05, 3.63) is 87.4 Å². The Hall–Kier alpha value is -3.24. The molecule has 4 N–H and O–H groups in total. The van der Waals surface area contributed by atoms with Crippen LogP contribution in [0.5, 0.6) is 11.6 Å². The number of amides is 1. The average molecular weight is 555 g/mol. The fraction of sp³-hybridized carbons (Fsp3) is 0.160. The van der Waals surface area contributed by atoms with E-state index < -0.39 is 11.9 Å². The molecular formula is C25H21BrClN5O3. The summed E-state index contributed by atoms with van der Waals surface area (Å²) in [5.41, 5.74) is 9.11. The molecule has 1 saturated heterocycles. The highest BCUT2D eigenvalue weighted by Crippen LogP contribution is 2.37. The molecule has 2 atom stereocenters. The lowest BCUT2D eigenvalue weighted by Crippen LogP contribution is -2.35. The van der Waals surface area contributed by atoms with E-state index in [4.69, 9.17) is 16.3 Å². The number of nitrogens with one attached hydrogen (secondary N) is 3. The lowest BCUT2D eigenvalue weighted by Gasteiger charge is -2.11. The van der Waals surface area contributed by atoms with Crippen molar-refractivity contribution in [3.63, 3.8) is 0 Å². The van der Waals surface area contributed by atoms with Crippen LogP contribution in [0.15, 0.2) is 81.4 Å². The van der Waals surface area contributed by atoms with Gasteiger partial charge in [-0.1, -0.05) is 51.8 Å². The number of hydrazine groups is 1. The number of azo groups is 1. The van der Waals surface area contributed by atoms with Crippen LogP contribution in [-0.2, 0) is 11.4 Å². The summed E-state index contributed by atoms with van der Waals surface area (Å²) >= 11 is 9.31. The van der Waals surface area contributed by atoms with Crippen LogP contribution < -0.4 is 15.6 Å². The van der Waals surface area contributed by atoms with E-state index in [0.29, 0.717) is 29.0 Å². The third-order valence-electron chi connectivity index (χ3n) is 5.77. The number of fused-ring (bicyclic) bond motifs is 1. The molecule has 1 amide bonds. The van der Waals surface area contributed by atoms with E-state index in [1.54, 1.807) is 12.1 Å². The van der Waals surface area contributed by atoms with E-state index in [2.05, 4.69) is 42.0 Å². The molecule has 35 heavy (non-hydrogen) atoms. The van der Waals surface area contributed by atoms with Gasteiger partial charge in [-0.15, -0.1) is 10.2 Å². The number of ether oxygens (including phenoxy) is 1. The topological polar surface area (TPSA) is 111 Å². The molecule has 0 saturated carbocycles. The molecule has 1 aliphatic rings. The maximum absolute atomic E-state index is 12.6. The smallest absolute Gasteiger partial charge is 0.282 e. The number of aromatic amines is 1. The first-order valence-corrected chi connectivity index (χ1v) is 12.1. The number of benzene rings is 3. The third-order valence-corrected chi connectivity index (χ3v) is 6.51. The van der Waals surface area contributed by atoms with Crippen molar-refractivity contribution in [1.82, 2.24) is 15.8 Å². The molecule has 8 nitrogen and oxygen atoms in total. The molecule has 4 aromatic rings. The van der Waals surface area contributed by atoms with E-state index >= 15 is 0 Å². The summed E-state index contributed by atoms with van der Waals surface area (Å²) < 4.78 is 6.67. The van der Waals surface area contributed by atoms with Gasteiger partial charge < -0.3 is 14.8 Å². The first-order valence-electron chi connectivity index (χ1n) is 10.9. The Morgan fingerprint density at radius 3 is 2.63 bits per heavy atom. The van der Waals surface area contributed by atoms with Crippen molar-refractivity contribution >= 4 is 50.0 Å². The second-order valence-electron chi connectivity index (χ2n) is 8.16. The molecule has 3 aromatic carbocycles. The zero-order valence-corrected chi connectivity index (χ0v) is 20.7. The average Bonchev–Trinajstić information content (AvgIpc) is 3.47. The molecule has 178 valence electrons. The number of nitrogens with zero attached hydrogens (tertiary/aromatic N) is 2. The Labute approximate surface area is 214 Å². The molecule has 2 unspecified atom stereocenters. The van der Waals surface area contributed by atoms with Gasteiger partial charge in [-0.2, -0.15) is 0 Å². The van der Waals surface area contributed by atoms with Crippen molar-refractivity contribution in [2.24, 2.45) is 10.2 Å². The Kier molecular flexibility index (Phi) is 6.83. The third kappa shape index (κ3) is 5.38. The van der Waals surface area contributed by atoms with Gasteiger partial charge in [0.15, 0.2) is 5.69 Å². The number of rotatable bonds is 6. The minimum atomic E-state index is -0.538. The van der Waals surface area contributed by atoms with Gasteiger partial charge in [0.2, 0.25) is 5.88 Å². The van der Waals surface area contributed by atoms with Crippen molar-refractivity contribution in [2.75, 3.05) is 0 Å². The van der Waals surface area contributed by atoms with Gasteiger partial charge in [0.1, 0.15) is 18.4 Å². The normalized spacial score (nSPS) is 17.9. The Morgan fingerprint density at radius 1 is 1.09 bits per heavy atom. The van der Waals surface area contributed by atoms with Gasteiger partial charge in [-0.25, -0.2) is 10.9 Å². The van der Waals surface area contributed by atoms with Crippen LogP contribution in [0, 0.1) is 0 Å². The van der Waals surface area contributed by atoms with E-state index in [9.17, 15) is 9.90 Å². The Balaban J connectivity index is 1.19. The van der Waals surface area contributed by atoms with Crippen LogP contribution in [0.25, 0.3) is 10.9 Å². The predicted molar refractivity (Wildman–Crippen MR) is 137 cm³/mol. The van der Waals surface area contributed by atoms with Crippen molar-refractivity contribution in [1.29, 1.82) is 0 Å². The van der Waals surface area contributed by atoms with Crippen LogP contribution in [-0.4, -0.2) is 22.0 Å². The lowest BCUT2D eigenvalue weighted by molar-refractivity contribution is -0.120. The number of halogens is 2. The number of aromatic hydroxyl groups is 1. The molecule has 2 heterocycles. The van der Waals surface area contributed by atoms with Crippen molar-refractivity contribution < 1.29 is 14.6 Å². The fourth-order valence-electron chi connectivity index (χ4n) is 3.89. The highest BCUT2D eigenvalue weighted by molar-refractivity contribution is 9.10. The molecule has 0 spiro atoms. The largest absolute Gasteiger partial charge is 0.493 e. The molecule has 10 heteroatoms. The zero-order chi connectivity index (χ0) is 24.4. The molecule has 1 fully saturated rings. The summed E-state index contributed by atoms with van der Waals surface area (Å²) in [6.45, 7) is 0.449. The summed E-state index contributed by atoms with van der Waals surface area (Å²) in [6, 6.07) is 20.1. The monoisotopic (exact) mass is 553 g/mol. The van der Waals surface area contributed by atoms with Crippen LogP contribution in [0.3, 0.4) is 0 Å². The number of carbonyl (C=O) groups excluding carboxylic acids is 1. The second kappa shape index (κ2) is 10.2. The zero-order valence-electron chi connectivity index (χ0n) is 18.3. The van der Waals surface area contributed by atoms with Gasteiger partial charge in [-0.3, -0.25) is 4.79 Å². The first kappa shape index (κ1) is 23.5. The lowest BCUT2D eigenvalue weighted by atomic mass is 10.0. The van der Waals surface area contributed by atoms with Gasteiger partial charge in [0, 0.05) is 20.9 Å². The second-order valence-corrected chi connectivity index (χ2v) is 9.52. The maximum atomic E-state index is 12.6. The molecule has 0 aliphatic carbocycles. The first-order chi connectivity index (χ1) is 17.0. The van der Waals surface area contributed by atoms with Crippen LogP contribution in [0.2, 0.25) is 5.02 Å². The summed E-state index contributed by atoms with van der Waals surface area (Å²) in [6.07, 6.45) is 0.508. The van der Waals surface area contributed by atoms with Gasteiger partial charge >= 0.3 is 0 Å². The van der Waals surface area contributed by atoms with Gasteiger partial charge in [0.05, 0.1) is 5.52 Å². The van der Waals surface area contributed by atoms with Gasteiger partial charge in [0.25, 0.3) is 5.91 Å². The molecular weight excluding hydrogens is 534 g/mol.